The molecule has 1 aromatic heterocycles. The predicted octanol–water partition coefficient (Wildman–Crippen LogP) is 3.63. The second kappa shape index (κ2) is 5.98. The molecule has 0 atom stereocenters. The van der Waals surface area contributed by atoms with E-state index < -0.39 is 0 Å². The van der Waals surface area contributed by atoms with Crippen molar-refractivity contribution in [3.63, 3.8) is 0 Å². The molecule has 1 heterocycles. The lowest BCUT2D eigenvalue weighted by atomic mass is 9.92. The maximum absolute atomic E-state index is 4.66. The Labute approximate surface area is 122 Å². The number of aromatic nitrogens is 2. The summed E-state index contributed by atoms with van der Waals surface area (Å²) in [6, 6.07) is 0. The largest absolute Gasteiger partial charge is 0.370 e. The number of anilines is 2. The standard InChI is InChI=1S/C16H28N4/c1-6-13-19-14(17-7-2)12(5)15(20-13)18-10-16(8-9-16)11(3)4/h11H,6-10H2,1-5H3,(H2,17,18,19,20). The maximum Gasteiger partial charge on any atom is 0.134 e. The molecule has 1 fully saturated rings. The average Bonchev–Trinajstić information content (AvgIpc) is 3.21. The first kappa shape index (κ1) is 15.1. The zero-order chi connectivity index (χ0) is 14.8. The van der Waals surface area contributed by atoms with Gasteiger partial charge in [0.2, 0.25) is 0 Å². The molecule has 0 spiro atoms. The van der Waals surface area contributed by atoms with Gasteiger partial charge in [0.15, 0.2) is 0 Å². The fourth-order valence-electron chi connectivity index (χ4n) is 2.61. The van der Waals surface area contributed by atoms with E-state index in [1.54, 1.807) is 0 Å². The Balaban J connectivity index is 2.16. The van der Waals surface area contributed by atoms with Gasteiger partial charge in [-0.2, -0.15) is 0 Å². The molecule has 0 aromatic carbocycles. The number of aryl methyl sites for hydroxylation is 1. The number of hydrogen-bond donors (Lipinski definition) is 2. The molecule has 4 nitrogen and oxygen atoms in total. The maximum atomic E-state index is 4.66. The molecule has 0 unspecified atom stereocenters. The SMILES string of the molecule is CCNc1nc(CC)nc(NCC2(C(C)C)CC2)c1C. The molecule has 1 aromatic rings. The van der Waals surface area contributed by atoms with Crippen molar-refractivity contribution in [2.45, 2.75) is 53.9 Å². The van der Waals surface area contributed by atoms with E-state index in [0.717, 1.165) is 48.5 Å². The molecule has 2 N–H and O–H groups in total. The molecule has 0 radical (unpaired) electrons. The van der Waals surface area contributed by atoms with Crippen molar-refractivity contribution in [2.24, 2.45) is 11.3 Å². The summed E-state index contributed by atoms with van der Waals surface area (Å²) in [7, 11) is 0. The minimum absolute atomic E-state index is 0.488. The summed E-state index contributed by atoms with van der Waals surface area (Å²) in [6.45, 7) is 12.8. The van der Waals surface area contributed by atoms with Crippen LogP contribution in [0, 0.1) is 18.3 Å². The molecule has 0 aliphatic heterocycles. The van der Waals surface area contributed by atoms with Gasteiger partial charge in [-0.05, 0) is 38.0 Å². The van der Waals surface area contributed by atoms with Crippen LogP contribution in [0.25, 0.3) is 0 Å². The Morgan fingerprint density at radius 2 is 1.70 bits per heavy atom. The number of rotatable bonds is 7. The van der Waals surface area contributed by atoms with Gasteiger partial charge in [-0.1, -0.05) is 20.8 Å². The molecular formula is C16H28N4. The molecular weight excluding hydrogens is 248 g/mol. The predicted molar refractivity (Wildman–Crippen MR) is 85.3 cm³/mol. The number of nitrogens with zero attached hydrogens (tertiary/aromatic N) is 2. The summed E-state index contributed by atoms with van der Waals surface area (Å²) >= 11 is 0. The normalized spacial score (nSPS) is 16.3. The molecule has 1 aliphatic carbocycles. The van der Waals surface area contributed by atoms with E-state index >= 15 is 0 Å². The number of hydrogen-bond acceptors (Lipinski definition) is 4. The average molecular weight is 276 g/mol. The van der Waals surface area contributed by atoms with Crippen molar-refractivity contribution < 1.29 is 0 Å². The van der Waals surface area contributed by atoms with Gasteiger partial charge >= 0.3 is 0 Å². The second-order valence-electron chi connectivity index (χ2n) is 6.22. The Hall–Kier alpha value is -1.32. The summed E-state index contributed by atoms with van der Waals surface area (Å²) in [5.41, 5.74) is 1.62. The highest BCUT2D eigenvalue weighted by Gasteiger charge is 2.45. The van der Waals surface area contributed by atoms with Crippen molar-refractivity contribution >= 4 is 11.6 Å². The lowest BCUT2D eigenvalue weighted by Crippen LogP contribution is -2.22. The van der Waals surface area contributed by atoms with Crippen molar-refractivity contribution in [3.05, 3.63) is 11.4 Å². The quantitative estimate of drug-likeness (QED) is 0.798. The molecule has 0 saturated heterocycles. The van der Waals surface area contributed by atoms with Crippen LogP contribution in [0.15, 0.2) is 0 Å². The number of nitrogens with one attached hydrogen (secondary N) is 2. The molecule has 1 saturated carbocycles. The molecule has 1 aliphatic rings. The van der Waals surface area contributed by atoms with Crippen molar-refractivity contribution in [1.29, 1.82) is 0 Å². The van der Waals surface area contributed by atoms with Gasteiger partial charge < -0.3 is 10.6 Å². The van der Waals surface area contributed by atoms with Gasteiger partial charge in [-0.15, -0.1) is 0 Å². The van der Waals surface area contributed by atoms with Gasteiger partial charge in [-0.25, -0.2) is 9.97 Å². The lowest BCUT2D eigenvalue weighted by molar-refractivity contribution is 0.379. The smallest absolute Gasteiger partial charge is 0.134 e. The van der Waals surface area contributed by atoms with E-state index in [4.69, 9.17) is 0 Å². The van der Waals surface area contributed by atoms with Crippen LogP contribution in [0.2, 0.25) is 0 Å². The summed E-state index contributed by atoms with van der Waals surface area (Å²) in [5.74, 6) is 3.61. The van der Waals surface area contributed by atoms with Gasteiger partial charge in [-0.3, -0.25) is 0 Å². The van der Waals surface area contributed by atoms with E-state index in [9.17, 15) is 0 Å². The van der Waals surface area contributed by atoms with Crippen molar-refractivity contribution in [3.8, 4) is 0 Å². The van der Waals surface area contributed by atoms with Crippen LogP contribution in [0.5, 0.6) is 0 Å². The second-order valence-corrected chi connectivity index (χ2v) is 6.22. The van der Waals surface area contributed by atoms with Crippen LogP contribution >= 0.6 is 0 Å². The minimum atomic E-state index is 0.488. The third-order valence-electron chi connectivity index (χ3n) is 4.58. The molecule has 2 rings (SSSR count). The zero-order valence-electron chi connectivity index (χ0n) is 13.5. The van der Waals surface area contributed by atoms with Gasteiger partial charge in [0, 0.05) is 25.1 Å². The van der Waals surface area contributed by atoms with Crippen LogP contribution in [0.1, 0.15) is 51.9 Å². The van der Waals surface area contributed by atoms with Gasteiger partial charge in [0.05, 0.1) is 0 Å². The first-order valence-corrected chi connectivity index (χ1v) is 7.87. The van der Waals surface area contributed by atoms with Crippen LogP contribution < -0.4 is 10.6 Å². The van der Waals surface area contributed by atoms with E-state index in [1.807, 2.05) is 0 Å². The van der Waals surface area contributed by atoms with Crippen LogP contribution in [0.4, 0.5) is 11.6 Å². The highest BCUT2D eigenvalue weighted by atomic mass is 15.1. The van der Waals surface area contributed by atoms with E-state index in [-0.39, 0.29) is 0 Å². The minimum Gasteiger partial charge on any atom is -0.370 e. The van der Waals surface area contributed by atoms with Crippen molar-refractivity contribution in [1.82, 2.24) is 9.97 Å². The monoisotopic (exact) mass is 276 g/mol. The zero-order valence-corrected chi connectivity index (χ0v) is 13.5. The molecule has 4 heteroatoms. The Morgan fingerprint density at radius 1 is 1.10 bits per heavy atom. The highest BCUT2D eigenvalue weighted by Crippen LogP contribution is 2.51. The van der Waals surface area contributed by atoms with E-state index in [0.29, 0.717) is 5.41 Å². The molecule has 0 bridgehead atoms. The summed E-state index contributed by atoms with van der Waals surface area (Å²) < 4.78 is 0. The first-order valence-electron chi connectivity index (χ1n) is 7.87. The Bertz CT molecular complexity index is 464. The van der Waals surface area contributed by atoms with Crippen LogP contribution in [-0.4, -0.2) is 23.1 Å². The molecule has 112 valence electrons. The third kappa shape index (κ3) is 3.05. The van der Waals surface area contributed by atoms with Gasteiger partial charge in [0.25, 0.3) is 0 Å². The first-order chi connectivity index (χ1) is 9.52. The lowest BCUT2D eigenvalue weighted by Gasteiger charge is -2.22. The van der Waals surface area contributed by atoms with Crippen LogP contribution in [-0.2, 0) is 6.42 Å². The summed E-state index contributed by atoms with van der Waals surface area (Å²) in [6.07, 6.45) is 3.54. The summed E-state index contributed by atoms with van der Waals surface area (Å²) in [4.78, 5) is 9.24. The Kier molecular flexibility index (Phi) is 4.51. The fourth-order valence-corrected chi connectivity index (χ4v) is 2.61. The Morgan fingerprint density at radius 3 is 2.15 bits per heavy atom. The van der Waals surface area contributed by atoms with Gasteiger partial charge in [0.1, 0.15) is 17.5 Å². The van der Waals surface area contributed by atoms with Crippen molar-refractivity contribution in [2.75, 3.05) is 23.7 Å². The summed E-state index contributed by atoms with van der Waals surface area (Å²) in [5, 5.41) is 6.91. The third-order valence-corrected chi connectivity index (χ3v) is 4.58. The highest BCUT2D eigenvalue weighted by molar-refractivity contribution is 5.57. The van der Waals surface area contributed by atoms with Crippen LogP contribution in [0.3, 0.4) is 0 Å². The van der Waals surface area contributed by atoms with E-state index in [2.05, 4.69) is 55.2 Å². The molecule has 0 amide bonds. The van der Waals surface area contributed by atoms with E-state index in [1.165, 1.54) is 12.8 Å². The fraction of sp³-hybridized carbons (Fsp3) is 0.750. The molecule has 20 heavy (non-hydrogen) atoms. The topological polar surface area (TPSA) is 49.8 Å².